The molecule has 1 saturated heterocycles. The van der Waals surface area contributed by atoms with Gasteiger partial charge in [0, 0.05) is 35.4 Å². The third kappa shape index (κ3) is 4.58. The topological polar surface area (TPSA) is 35.6 Å². The van der Waals surface area contributed by atoms with Crippen molar-refractivity contribution >= 4 is 63.1 Å². The molecule has 0 atom stereocenters. The van der Waals surface area contributed by atoms with Crippen LogP contribution in [0.5, 0.6) is 0 Å². The summed E-state index contributed by atoms with van der Waals surface area (Å²) in [4.78, 5) is 17.0. The van der Waals surface area contributed by atoms with Gasteiger partial charge in [0.15, 0.2) is 0 Å². The number of halogens is 3. The summed E-state index contributed by atoms with van der Waals surface area (Å²) in [6.07, 6.45) is 0. The lowest BCUT2D eigenvalue weighted by Crippen LogP contribution is -2.44. The van der Waals surface area contributed by atoms with Crippen molar-refractivity contribution in [3.05, 3.63) is 55.6 Å². The minimum Gasteiger partial charge on any atom is -0.368 e. The fourth-order valence-electron chi connectivity index (χ4n) is 2.76. The summed E-state index contributed by atoms with van der Waals surface area (Å²) in [6.45, 7) is 3.92. The maximum Gasteiger partial charge on any atom is 0.257 e. The molecule has 0 aromatic heterocycles. The van der Waals surface area contributed by atoms with Gasteiger partial charge in [-0.2, -0.15) is 0 Å². The fraction of sp³-hybridized carbons (Fsp3) is 0.278. The molecular weight excluding hydrogens is 472 g/mol. The molecule has 1 heterocycles. The molecule has 1 aliphatic rings. The van der Waals surface area contributed by atoms with Crippen LogP contribution in [0, 0.1) is 3.57 Å². The van der Waals surface area contributed by atoms with Crippen LogP contribution in [-0.2, 0) is 0 Å². The number of hydrogen-bond acceptors (Lipinski definition) is 3. The summed E-state index contributed by atoms with van der Waals surface area (Å²) < 4.78 is 0.954. The number of nitrogens with zero attached hydrogens (tertiary/aromatic N) is 2. The highest BCUT2D eigenvalue weighted by Crippen LogP contribution is 2.30. The van der Waals surface area contributed by atoms with Crippen molar-refractivity contribution in [1.29, 1.82) is 0 Å². The summed E-state index contributed by atoms with van der Waals surface area (Å²) in [5.41, 5.74) is 2.11. The Morgan fingerprint density at radius 2 is 1.76 bits per heavy atom. The molecule has 132 valence electrons. The lowest BCUT2D eigenvalue weighted by atomic mass is 10.2. The Morgan fingerprint density at radius 3 is 2.44 bits per heavy atom. The molecule has 2 aromatic carbocycles. The molecule has 3 rings (SSSR count). The van der Waals surface area contributed by atoms with Gasteiger partial charge in [-0.1, -0.05) is 23.2 Å². The summed E-state index contributed by atoms with van der Waals surface area (Å²) >= 11 is 14.7. The summed E-state index contributed by atoms with van der Waals surface area (Å²) in [5.74, 6) is -0.244. The lowest BCUT2D eigenvalue weighted by Gasteiger charge is -2.34. The van der Waals surface area contributed by atoms with E-state index in [4.69, 9.17) is 23.2 Å². The molecule has 0 unspecified atom stereocenters. The maximum absolute atomic E-state index is 12.5. The number of hydrogen-bond donors (Lipinski definition) is 1. The SMILES string of the molecule is CN1CCN(c2ccc(NC(=O)c3cc(I)ccc3Cl)cc2Cl)CC1. The molecule has 1 aliphatic heterocycles. The van der Waals surface area contributed by atoms with E-state index in [1.54, 1.807) is 18.2 Å². The number of piperazine rings is 1. The molecule has 0 saturated carbocycles. The summed E-state index contributed by atoms with van der Waals surface area (Å²) in [7, 11) is 2.12. The van der Waals surface area contributed by atoms with E-state index in [-0.39, 0.29) is 5.91 Å². The van der Waals surface area contributed by atoms with Crippen LogP contribution in [0.4, 0.5) is 11.4 Å². The van der Waals surface area contributed by atoms with Crippen LogP contribution in [0.15, 0.2) is 36.4 Å². The average molecular weight is 490 g/mol. The summed E-state index contributed by atoms with van der Waals surface area (Å²) in [5, 5.41) is 3.93. The predicted molar refractivity (Wildman–Crippen MR) is 113 cm³/mol. The highest BCUT2D eigenvalue weighted by Gasteiger charge is 2.17. The van der Waals surface area contributed by atoms with Crippen molar-refractivity contribution in [2.45, 2.75) is 0 Å². The number of nitrogens with one attached hydrogen (secondary N) is 1. The first-order valence-electron chi connectivity index (χ1n) is 7.93. The van der Waals surface area contributed by atoms with Crippen LogP contribution in [-0.4, -0.2) is 44.0 Å². The van der Waals surface area contributed by atoms with Crippen LogP contribution in [0.3, 0.4) is 0 Å². The summed E-state index contributed by atoms with van der Waals surface area (Å²) in [6, 6.07) is 11.0. The molecule has 1 amide bonds. The van der Waals surface area contributed by atoms with E-state index >= 15 is 0 Å². The fourth-order valence-corrected chi connectivity index (χ4v) is 3.75. The van der Waals surface area contributed by atoms with Gasteiger partial charge in [0.25, 0.3) is 5.91 Å². The lowest BCUT2D eigenvalue weighted by molar-refractivity contribution is 0.102. The van der Waals surface area contributed by atoms with Gasteiger partial charge in [-0.05, 0) is 66.0 Å². The zero-order valence-corrected chi connectivity index (χ0v) is 17.4. The first-order valence-corrected chi connectivity index (χ1v) is 9.77. The molecule has 0 radical (unpaired) electrons. The van der Waals surface area contributed by atoms with E-state index in [9.17, 15) is 4.79 Å². The normalized spacial score (nSPS) is 15.3. The molecule has 2 aromatic rings. The standard InChI is InChI=1S/C18H18Cl2IN3O/c1-23-6-8-24(9-7-23)17-5-3-13(11-16(17)20)22-18(25)14-10-12(21)2-4-15(14)19/h2-5,10-11H,6-9H2,1H3,(H,22,25). The van der Waals surface area contributed by atoms with Crippen LogP contribution in [0.1, 0.15) is 10.4 Å². The van der Waals surface area contributed by atoms with Gasteiger partial charge in [-0.15, -0.1) is 0 Å². The molecule has 7 heteroatoms. The quantitative estimate of drug-likeness (QED) is 0.640. The van der Waals surface area contributed by atoms with Crippen molar-refractivity contribution in [3.63, 3.8) is 0 Å². The molecule has 0 spiro atoms. The highest BCUT2D eigenvalue weighted by molar-refractivity contribution is 14.1. The number of carbonyl (C=O) groups excluding carboxylic acids is 1. The van der Waals surface area contributed by atoms with E-state index in [0.29, 0.717) is 21.3 Å². The number of benzene rings is 2. The molecule has 0 bridgehead atoms. The van der Waals surface area contributed by atoms with E-state index in [2.05, 4.69) is 44.8 Å². The Morgan fingerprint density at radius 1 is 1.04 bits per heavy atom. The van der Waals surface area contributed by atoms with Crippen LogP contribution in [0.25, 0.3) is 0 Å². The van der Waals surface area contributed by atoms with Gasteiger partial charge >= 0.3 is 0 Å². The number of likely N-dealkylation sites (N-methyl/N-ethyl adjacent to an activating group) is 1. The van der Waals surface area contributed by atoms with Gasteiger partial charge in [0.1, 0.15) is 0 Å². The molecule has 0 aliphatic carbocycles. The third-order valence-electron chi connectivity index (χ3n) is 4.22. The minimum absolute atomic E-state index is 0.244. The zero-order chi connectivity index (χ0) is 18.0. The number of amides is 1. The predicted octanol–water partition coefficient (Wildman–Crippen LogP) is 4.60. The van der Waals surface area contributed by atoms with Crippen LogP contribution in [0.2, 0.25) is 10.0 Å². The molecule has 1 fully saturated rings. The van der Waals surface area contributed by atoms with Crippen LogP contribution < -0.4 is 10.2 Å². The third-order valence-corrected chi connectivity index (χ3v) is 5.53. The van der Waals surface area contributed by atoms with Gasteiger partial charge in [-0.25, -0.2) is 0 Å². The number of rotatable bonds is 3. The molecule has 1 N–H and O–H groups in total. The largest absolute Gasteiger partial charge is 0.368 e. The Kier molecular flexibility index (Phi) is 6.09. The van der Waals surface area contributed by atoms with E-state index < -0.39 is 0 Å². The van der Waals surface area contributed by atoms with E-state index in [0.717, 1.165) is 35.4 Å². The van der Waals surface area contributed by atoms with E-state index in [1.165, 1.54) is 0 Å². The van der Waals surface area contributed by atoms with Gasteiger partial charge in [-0.3, -0.25) is 4.79 Å². The first-order chi connectivity index (χ1) is 11.9. The Labute approximate surface area is 171 Å². The second-order valence-corrected chi connectivity index (χ2v) is 8.09. The van der Waals surface area contributed by atoms with Crippen LogP contribution >= 0.6 is 45.8 Å². The van der Waals surface area contributed by atoms with Crippen molar-refractivity contribution in [1.82, 2.24) is 4.90 Å². The zero-order valence-electron chi connectivity index (χ0n) is 13.7. The Bertz CT molecular complexity index is 792. The number of carbonyl (C=O) groups is 1. The van der Waals surface area contributed by atoms with Gasteiger partial charge < -0.3 is 15.1 Å². The molecule has 25 heavy (non-hydrogen) atoms. The highest BCUT2D eigenvalue weighted by atomic mass is 127. The van der Waals surface area contributed by atoms with Gasteiger partial charge in [0.2, 0.25) is 0 Å². The maximum atomic E-state index is 12.5. The first kappa shape index (κ1) is 18.8. The Hall–Kier alpha value is -1.02. The van der Waals surface area contributed by atoms with Crippen molar-refractivity contribution < 1.29 is 4.79 Å². The van der Waals surface area contributed by atoms with Gasteiger partial charge in [0.05, 0.1) is 21.3 Å². The smallest absolute Gasteiger partial charge is 0.257 e. The Balaban J connectivity index is 1.74. The van der Waals surface area contributed by atoms with Crippen molar-refractivity contribution in [2.75, 3.05) is 43.4 Å². The molecular formula is C18H18Cl2IN3O. The minimum atomic E-state index is -0.244. The monoisotopic (exact) mass is 489 g/mol. The second-order valence-electron chi connectivity index (χ2n) is 6.03. The molecule has 4 nitrogen and oxygen atoms in total. The number of anilines is 2. The van der Waals surface area contributed by atoms with Crippen molar-refractivity contribution in [3.8, 4) is 0 Å². The van der Waals surface area contributed by atoms with E-state index in [1.807, 2.05) is 18.2 Å². The second kappa shape index (κ2) is 8.12. The van der Waals surface area contributed by atoms with Crippen molar-refractivity contribution in [2.24, 2.45) is 0 Å². The average Bonchev–Trinajstić information content (AvgIpc) is 2.58.